The van der Waals surface area contributed by atoms with E-state index in [-0.39, 0.29) is 0 Å². The maximum atomic E-state index is 4.99. The number of rotatable bonds is 0. The highest BCUT2D eigenvalue weighted by atomic mass is 35.9. The van der Waals surface area contributed by atoms with E-state index in [1.54, 1.807) is 0 Å². The molecule has 0 fully saturated rings. The third-order valence-corrected chi connectivity index (χ3v) is 0. The topological polar surface area (TPSA) is 2.70 Å². The van der Waals surface area contributed by atoms with E-state index in [4.69, 9.17) is 40.2 Å². The van der Waals surface area contributed by atoms with E-state index in [9.17, 15) is 0 Å². The fourth-order valence-electron chi connectivity index (χ4n) is 0. The molecule has 0 aliphatic heterocycles. The van der Waals surface area contributed by atoms with Crippen LogP contribution < -0.4 is 0 Å². The molecule has 0 aromatic carbocycles. The molecule has 0 bridgehead atoms. The summed E-state index contributed by atoms with van der Waals surface area (Å²) in [5.74, 6) is 0. The minimum Gasteiger partial charge on any atom is -0.429 e. The predicted octanol–water partition coefficient (Wildman–Crippen LogP) is 2.81. The summed E-state index contributed by atoms with van der Waals surface area (Å²) in [7, 11) is 22.8. The SMILES string of the molecule is C[O+](C)C.[Cl][Al-]([Cl])([Cl])[Cl]. The summed E-state index contributed by atoms with van der Waals surface area (Å²) >= 11 is 0. The van der Waals surface area contributed by atoms with Gasteiger partial charge in [-0.05, 0) is 0 Å². The molecular formula is C3H9AlCl4O. The Hall–Kier alpha value is 1.65. The first-order chi connectivity index (χ1) is 3.73. The predicted molar refractivity (Wildman–Crippen MR) is 48.0 cm³/mol. The van der Waals surface area contributed by atoms with Gasteiger partial charge in [0, 0.05) is 0 Å². The number of halogens is 4. The van der Waals surface area contributed by atoms with Gasteiger partial charge in [-0.25, -0.2) is 0 Å². The fraction of sp³-hybridized carbons (Fsp3) is 1.00. The highest BCUT2D eigenvalue weighted by Gasteiger charge is 2.14. The molecular weight excluding hydrogens is 221 g/mol. The average Bonchev–Trinajstić information content (AvgIpc) is 1.19. The zero-order valence-corrected chi connectivity index (χ0v) is 9.68. The summed E-state index contributed by atoms with van der Waals surface area (Å²) in [6, 6.07) is 0. The van der Waals surface area contributed by atoms with E-state index >= 15 is 0 Å². The lowest BCUT2D eigenvalue weighted by molar-refractivity contribution is -0.00282. The van der Waals surface area contributed by atoms with Gasteiger partial charge in [0.2, 0.25) is 0 Å². The van der Waals surface area contributed by atoms with Gasteiger partial charge in [-0.1, -0.05) is 0 Å². The summed E-state index contributed by atoms with van der Waals surface area (Å²) < 4.78 is 2.58. The molecule has 9 heavy (non-hydrogen) atoms. The summed E-state index contributed by atoms with van der Waals surface area (Å²) in [4.78, 5) is 0. The average molecular weight is 230 g/mol. The molecule has 58 valence electrons. The standard InChI is InChI=1S/C3H9O.Al.4ClH/c1-4(2)3;;;;;/h1-3H3;;4*1H/q+1;+3;;;;/p-4. The second-order valence-electron chi connectivity index (χ2n) is 1.72. The summed E-state index contributed by atoms with van der Waals surface area (Å²) in [6.07, 6.45) is 0. The van der Waals surface area contributed by atoms with Crippen molar-refractivity contribution >= 4 is 49.6 Å². The molecule has 0 N–H and O–H groups in total. The Bertz CT molecular complexity index is 52.6. The van der Waals surface area contributed by atoms with Crippen molar-refractivity contribution in [1.82, 2.24) is 0 Å². The second-order valence-corrected chi connectivity index (χ2v) is 14.6. The molecule has 0 atom stereocenters. The molecule has 0 aliphatic rings. The third-order valence-electron chi connectivity index (χ3n) is 0. The van der Waals surface area contributed by atoms with Gasteiger partial charge in [0.1, 0.15) is 21.3 Å². The Balaban J connectivity index is 0. The van der Waals surface area contributed by atoms with Crippen molar-refractivity contribution in [2.45, 2.75) is 0 Å². The molecule has 1 nitrogen and oxygen atoms in total. The molecule has 0 heterocycles. The van der Waals surface area contributed by atoms with Gasteiger partial charge in [-0.2, -0.15) is 0 Å². The van der Waals surface area contributed by atoms with Crippen LogP contribution in [0.25, 0.3) is 0 Å². The third kappa shape index (κ3) is 207. The minimum absolute atomic E-state index is 1.92. The Morgan fingerprint density at radius 2 is 0.889 bits per heavy atom. The van der Waals surface area contributed by atoms with Crippen molar-refractivity contribution in [3.63, 3.8) is 0 Å². The van der Waals surface area contributed by atoms with Crippen LogP contribution in [-0.2, 0) is 4.37 Å². The van der Waals surface area contributed by atoms with Gasteiger partial charge < -0.3 is 44.6 Å². The molecule has 0 rings (SSSR count). The largest absolute Gasteiger partial charge is 0.564 e. The maximum Gasteiger partial charge on any atom is 0.564 e. The van der Waals surface area contributed by atoms with Crippen molar-refractivity contribution in [2.75, 3.05) is 21.3 Å². The van der Waals surface area contributed by atoms with E-state index in [1.165, 1.54) is 0 Å². The minimum atomic E-state index is -2.94. The van der Waals surface area contributed by atoms with E-state index in [2.05, 4.69) is 4.37 Å². The fourth-order valence-corrected chi connectivity index (χ4v) is 0. The van der Waals surface area contributed by atoms with Crippen LogP contribution >= 0.6 is 40.2 Å². The normalized spacial score (nSPS) is 10.7. The molecule has 0 saturated heterocycles. The Morgan fingerprint density at radius 3 is 0.889 bits per heavy atom. The first-order valence-electron chi connectivity index (χ1n) is 2.10. The smallest absolute Gasteiger partial charge is 0.429 e. The van der Waals surface area contributed by atoms with Crippen LogP contribution in [0.15, 0.2) is 0 Å². The Kier molecular flexibility index (Phi) is 9.38. The van der Waals surface area contributed by atoms with Gasteiger partial charge in [0.15, 0.2) is 0 Å². The molecule has 0 unspecified atom stereocenters. The first kappa shape index (κ1) is 13.3. The van der Waals surface area contributed by atoms with Crippen LogP contribution in [0.5, 0.6) is 0 Å². The lowest BCUT2D eigenvalue weighted by Crippen LogP contribution is -1.91. The van der Waals surface area contributed by atoms with Crippen LogP contribution in [0.2, 0.25) is 0 Å². The van der Waals surface area contributed by atoms with Gasteiger partial charge in [-0.3, -0.25) is 0 Å². The molecule has 0 spiro atoms. The van der Waals surface area contributed by atoms with Gasteiger partial charge in [-0.15, -0.1) is 0 Å². The van der Waals surface area contributed by atoms with E-state index in [1.807, 2.05) is 21.3 Å². The molecule has 0 radical (unpaired) electrons. The van der Waals surface area contributed by atoms with Crippen LogP contribution in [-0.4, -0.2) is 30.7 Å². The number of hydrogen-bond acceptors (Lipinski definition) is 0. The van der Waals surface area contributed by atoms with Gasteiger partial charge in [0.25, 0.3) is 0 Å². The molecule has 0 saturated carbocycles. The maximum absolute atomic E-state index is 4.99. The molecule has 6 heteroatoms. The van der Waals surface area contributed by atoms with E-state index < -0.39 is 9.39 Å². The second kappa shape index (κ2) is 6.37. The van der Waals surface area contributed by atoms with E-state index in [0.717, 1.165) is 0 Å². The van der Waals surface area contributed by atoms with Crippen LogP contribution in [0.4, 0.5) is 0 Å². The first-order valence-corrected chi connectivity index (χ1v) is 9.08. The molecule has 0 aromatic heterocycles. The van der Waals surface area contributed by atoms with Crippen LogP contribution in [0.1, 0.15) is 0 Å². The monoisotopic (exact) mass is 228 g/mol. The van der Waals surface area contributed by atoms with Crippen molar-refractivity contribution in [3.05, 3.63) is 0 Å². The van der Waals surface area contributed by atoms with Gasteiger partial charge in [0.05, 0.1) is 0 Å². The highest BCUT2D eigenvalue weighted by molar-refractivity contribution is 7.81. The summed E-state index contributed by atoms with van der Waals surface area (Å²) in [5, 5.41) is 0. The lowest BCUT2D eigenvalue weighted by atomic mass is 11.4. The van der Waals surface area contributed by atoms with Crippen LogP contribution in [0, 0.1) is 0 Å². The number of hydrogen-bond donors (Lipinski definition) is 0. The van der Waals surface area contributed by atoms with Crippen LogP contribution in [0.3, 0.4) is 0 Å². The van der Waals surface area contributed by atoms with Crippen molar-refractivity contribution < 1.29 is 4.37 Å². The van der Waals surface area contributed by atoms with Crippen molar-refractivity contribution in [2.24, 2.45) is 0 Å². The van der Waals surface area contributed by atoms with Crippen molar-refractivity contribution in [1.29, 1.82) is 0 Å². The van der Waals surface area contributed by atoms with Crippen molar-refractivity contribution in [3.8, 4) is 0 Å². The molecule has 0 aliphatic carbocycles. The zero-order chi connectivity index (χ0) is 8.08. The molecule has 0 amide bonds. The highest BCUT2D eigenvalue weighted by Crippen LogP contribution is 2.23. The van der Waals surface area contributed by atoms with Gasteiger partial charge >= 0.3 is 9.39 Å². The summed E-state index contributed by atoms with van der Waals surface area (Å²) in [5.41, 5.74) is 0. The molecule has 0 aromatic rings. The lowest BCUT2D eigenvalue weighted by Gasteiger charge is -1.97. The Labute approximate surface area is 75.0 Å². The quantitative estimate of drug-likeness (QED) is 0.444. The summed E-state index contributed by atoms with van der Waals surface area (Å²) in [6.45, 7) is 0. The Morgan fingerprint density at radius 1 is 0.889 bits per heavy atom. The van der Waals surface area contributed by atoms with E-state index in [0.29, 0.717) is 0 Å². The zero-order valence-electron chi connectivity index (χ0n) is 5.50.